The maximum atomic E-state index is 13.7. The quantitative estimate of drug-likeness (QED) is 0.457. The van der Waals surface area contributed by atoms with Gasteiger partial charge < -0.3 is 9.73 Å². The van der Waals surface area contributed by atoms with Gasteiger partial charge in [0.05, 0.1) is 12.1 Å². The Balaban J connectivity index is 1.39. The van der Waals surface area contributed by atoms with Crippen molar-refractivity contribution in [3.8, 4) is 11.5 Å². The van der Waals surface area contributed by atoms with E-state index in [1.165, 1.54) is 17.4 Å². The number of benzene rings is 2. The van der Waals surface area contributed by atoms with Gasteiger partial charge in [-0.2, -0.15) is 0 Å². The molecule has 0 radical (unpaired) electrons. The Morgan fingerprint density at radius 2 is 1.97 bits per heavy atom. The fraction of sp³-hybridized carbons (Fsp3) is 0.174. The fourth-order valence-electron chi connectivity index (χ4n) is 3.01. The van der Waals surface area contributed by atoms with Crippen molar-refractivity contribution in [3.05, 3.63) is 88.0 Å². The normalized spacial score (nSPS) is 10.9. The van der Waals surface area contributed by atoms with Crippen LogP contribution in [0.2, 0.25) is 0 Å². The lowest BCUT2D eigenvalue weighted by molar-refractivity contribution is -0.115. The summed E-state index contributed by atoms with van der Waals surface area (Å²) in [6, 6.07) is 14.7. The van der Waals surface area contributed by atoms with E-state index in [1.807, 2.05) is 36.4 Å². The largest absolute Gasteiger partial charge is 0.441 e. The SMILES string of the molecule is Cc1ccc(Cc2cnc(NC(=O)Cc3nc(-c4ccccc4)oc3C)s2)cc1F. The molecule has 0 fully saturated rings. The third-order valence-corrected chi connectivity index (χ3v) is 5.57. The number of hydrogen-bond donors (Lipinski definition) is 1. The lowest BCUT2D eigenvalue weighted by Crippen LogP contribution is -2.14. The summed E-state index contributed by atoms with van der Waals surface area (Å²) < 4.78 is 19.4. The number of rotatable bonds is 6. The van der Waals surface area contributed by atoms with Gasteiger partial charge in [0, 0.05) is 23.1 Å². The molecule has 0 aliphatic carbocycles. The van der Waals surface area contributed by atoms with E-state index < -0.39 is 0 Å². The van der Waals surface area contributed by atoms with Crippen LogP contribution in [0.5, 0.6) is 0 Å². The van der Waals surface area contributed by atoms with Crippen molar-refractivity contribution in [1.82, 2.24) is 9.97 Å². The van der Waals surface area contributed by atoms with Crippen LogP contribution in [0.3, 0.4) is 0 Å². The molecule has 2 heterocycles. The van der Waals surface area contributed by atoms with Gasteiger partial charge in [0.1, 0.15) is 11.6 Å². The summed E-state index contributed by atoms with van der Waals surface area (Å²) in [6.45, 7) is 3.53. The predicted octanol–water partition coefficient (Wildman–Crippen LogP) is 5.33. The Hall–Kier alpha value is -3.32. The molecule has 4 rings (SSSR count). The fourth-order valence-corrected chi connectivity index (χ4v) is 3.87. The number of halogens is 1. The van der Waals surface area contributed by atoms with Gasteiger partial charge in [-0.3, -0.25) is 4.79 Å². The first kappa shape index (κ1) is 20.0. The summed E-state index contributed by atoms with van der Waals surface area (Å²) in [6.07, 6.45) is 2.36. The molecule has 30 heavy (non-hydrogen) atoms. The Labute approximate surface area is 177 Å². The van der Waals surface area contributed by atoms with Crippen molar-refractivity contribution in [3.63, 3.8) is 0 Å². The number of thiazole rings is 1. The second-order valence-electron chi connectivity index (χ2n) is 7.00. The highest BCUT2D eigenvalue weighted by Crippen LogP contribution is 2.24. The van der Waals surface area contributed by atoms with Crippen LogP contribution in [0.15, 0.2) is 59.1 Å². The molecule has 1 N–H and O–H groups in total. The van der Waals surface area contributed by atoms with Crippen LogP contribution < -0.4 is 5.32 Å². The third-order valence-electron chi connectivity index (χ3n) is 4.66. The van der Waals surface area contributed by atoms with Crippen LogP contribution in [-0.2, 0) is 17.6 Å². The average molecular weight is 421 g/mol. The third kappa shape index (κ3) is 4.63. The van der Waals surface area contributed by atoms with Gasteiger partial charge in [-0.15, -0.1) is 11.3 Å². The van der Waals surface area contributed by atoms with Gasteiger partial charge in [0.2, 0.25) is 11.8 Å². The van der Waals surface area contributed by atoms with Crippen molar-refractivity contribution >= 4 is 22.4 Å². The zero-order valence-corrected chi connectivity index (χ0v) is 17.4. The van der Waals surface area contributed by atoms with E-state index in [1.54, 1.807) is 26.1 Å². The minimum Gasteiger partial charge on any atom is -0.441 e. The molecule has 152 valence electrons. The first-order valence-corrected chi connectivity index (χ1v) is 10.3. The number of aromatic nitrogens is 2. The molecule has 0 unspecified atom stereocenters. The van der Waals surface area contributed by atoms with Crippen molar-refractivity contribution < 1.29 is 13.6 Å². The summed E-state index contributed by atoms with van der Waals surface area (Å²) in [7, 11) is 0. The highest BCUT2D eigenvalue weighted by Gasteiger charge is 2.16. The Morgan fingerprint density at radius 3 is 2.73 bits per heavy atom. The number of carbonyl (C=O) groups is 1. The van der Waals surface area contributed by atoms with Crippen molar-refractivity contribution in [2.75, 3.05) is 5.32 Å². The molecule has 0 atom stereocenters. The number of carbonyl (C=O) groups excluding carboxylic acids is 1. The topological polar surface area (TPSA) is 68.0 Å². The van der Waals surface area contributed by atoms with E-state index in [9.17, 15) is 9.18 Å². The van der Waals surface area contributed by atoms with E-state index in [2.05, 4.69) is 15.3 Å². The summed E-state index contributed by atoms with van der Waals surface area (Å²) in [5.74, 6) is 0.680. The molecule has 0 spiro atoms. The van der Waals surface area contributed by atoms with Gasteiger partial charge >= 0.3 is 0 Å². The number of amides is 1. The standard InChI is InChI=1S/C23H20FN3O2S/c1-14-8-9-16(11-19(14)24)10-18-13-25-23(30-18)27-21(28)12-20-15(2)29-22(26-20)17-6-4-3-5-7-17/h3-9,11,13H,10,12H2,1-2H3,(H,25,27,28). The van der Waals surface area contributed by atoms with Gasteiger partial charge in [-0.25, -0.2) is 14.4 Å². The molecule has 0 bridgehead atoms. The van der Waals surface area contributed by atoms with E-state index >= 15 is 0 Å². The van der Waals surface area contributed by atoms with Crippen LogP contribution in [0.25, 0.3) is 11.5 Å². The van der Waals surface area contributed by atoms with Crippen molar-refractivity contribution in [1.29, 1.82) is 0 Å². The van der Waals surface area contributed by atoms with Crippen LogP contribution >= 0.6 is 11.3 Å². The lowest BCUT2D eigenvalue weighted by atomic mass is 10.1. The minimum absolute atomic E-state index is 0.0975. The summed E-state index contributed by atoms with van der Waals surface area (Å²) in [4.78, 5) is 22.1. The van der Waals surface area contributed by atoms with E-state index in [-0.39, 0.29) is 18.1 Å². The van der Waals surface area contributed by atoms with Crippen LogP contribution in [0.4, 0.5) is 9.52 Å². The molecular formula is C23H20FN3O2S. The molecule has 5 nitrogen and oxygen atoms in total. The summed E-state index contributed by atoms with van der Waals surface area (Å²) in [5.41, 5.74) is 2.95. The van der Waals surface area contributed by atoms with Crippen molar-refractivity contribution in [2.45, 2.75) is 26.7 Å². The number of nitrogens with one attached hydrogen (secondary N) is 1. The van der Waals surface area contributed by atoms with Crippen LogP contribution in [0, 0.1) is 19.7 Å². The second kappa shape index (κ2) is 8.59. The van der Waals surface area contributed by atoms with Gasteiger partial charge in [-0.1, -0.05) is 30.3 Å². The highest BCUT2D eigenvalue weighted by molar-refractivity contribution is 7.15. The molecule has 0 saturated carbocycles. The predicted molar refractivity (Wildman–Crippen MR) is 115 cm³/mol. The summed E-state index contributed by atoms with van der Waals surface area (Å²) >= 11 is 1.37. The van der Waals surface area contributed by atoms with Crippen molar-refractivity contribution in [2.24, 2.45) is 0 Å². The van der Waals surface area contributed by atoms with E-state index in [0.29, 0.717) is 34.5 Å². The molecule has 2 aromatic carbocycles. The molecule has 2 aromatic heterocycles. The Bertz CT molecular complexity index is 1180. The van der Waals surface area contributed by atoms with Gasteiger partial charge in [0.25, 0.3) is 0 Å². The number of nitrogens with zero attached hydrogens (tertiary/aromatic N) is 2. The average Bonchev–Trinajstić information content (AvgIpc) is 3.32. The van der Waals surface area contributed by atoms with Gasteiger partial charge in [0.15, 0.2) is 5.13 Å². The molecule has 0 aliphatic rings. The smallest absolute Gasteiger partial charge is 0.232 e. The molecule has 4 aromatic rings. The Morgan fingerprint density at radius 1 is 1.17 bits per heavy atom. The molecule has 7 heteroatoms. The number of aryl methyl sites for hydroxylation is 2. The summed E-state index contributed by atoms with van der Waals surface area (Å²) in [5, 5.41) is 3.31. The van der Waals surface area contributed by atoms with E-state index in [4.69, 9.17) is 4.42 Å². The maximum Gasteiger partial charge on any atom is 0.232 e. The number of oxazole rings is 1. The highest BCUT2D eigenvalue weighted by atomic mass is 32.1. The van der Waals surface area contributed by atoms with E-state index in [0.717, 1.165) is 16.0 Å². The maximum absolute atomic E-state index is 13.7. The molecular weight excluding hydrogens is 401 g/mol. The van der Waals surface area contributed by atoms with Gasteiger partial charge in [-0.05, 0) is 43.2 Å². The van der Waals surface area contributed by atoms with Crippen LogP contribution in [-0.4, -0.2) is 15.9 Å². The minimum atomic E-state index is -0.219. The monoisotopic (exact) mass is 421 g/mol. The first-order valence-electron chi connectivity index (χ1n) is 9.49. The molecule has 0 aliphatic heterocycles. The zero-order chi connectivity index (χ0) is 21.1. The molecule has 1 amide bonds. The Kier molecular flexibility index (Phi) is 5.72. The first-order chi connectivity index (χ1) is 14.5. The number of hydrogen-bond acceptors (Lipinski definition) is 5. The zero-order valence-electron chi connectivity index (χ0n) is 16.6. The molecule has 0 saturated heterocycles. The second-order valence-corrected chi connectivity index (χ2v) is 8.12. The lowest BCUT2D eigenvalue weighted by Gasteiger charge is -2.01. The van der Waals surface area contributed by atoms with Crippen LogP contribution in [0.1, 0.15) is 27.5 Å². The number of anilines is 1.